The number of rotatable bonds is 5. The maximum absolute atomic E-state index is 12.3. The summed E-state index contributed by atoms with van der Waals surface area (Å²) < 4.78 is 0. The monoisotopic (exact) mass is 384 g/mol. The Bertz CT molecular complexity index is 943. The van der Waals surface area contributed by atoms with Crippen molar-refractivity contribution in [2.75, 3.05) is 29.9 Å². The first-order valence-corrected chi connectivity index (χ1v) is 9.39. The fourth-order valence-electron chi connectivity index (χ4n) is 3.46. The van der Waals surface area contributed by atoms with Gasteiger partial charge in [-0.1, -0.05) is 17.7 Å². The summed E-state index contributed by atoms with van der Waals surface area (Å²) in [5.41, 5.74) is 1.66. The largest absolute Gasteiger partial charge is 0.376 e. The Morgan fingerprint density at radius 2 is 2.26 bits per heavy atom. The minimum absolute atomic E-state index is 0.0312. The van der Waals surface area contributed by atoms with Crippen LogP contribution in [-0.4, -0.2) is 46.5 Å². The van der Waals surface area contributed by atoms with E-state index >= 15 is 0 Å². The van der Waals surface area contributed by atoms with Gasteiger partial charge in [0.05, 0.1) is 11.9 Å². The molecule has 1 saturated heterocycles. The van der Waals surface area contributed by atoms with Crippen molar-refractivity contribution in [1.29, 1.82) is 0 Å². The molecule has 2 aromatic heterocycles. The summed E-state index contributed by atoms with van der Waals surface area (Å²) in [7, 11) is 0. The predicted octanol–water partition coefficient (Wildman–Crippen LogP) is 2.81. The van der Waals surface area contributed by atoms with Crippen LogP contribution < -0.4 is 15.5 Å². The van der Waals surface area contributed by atoms with Crippen LogP contribution in [0.5, 0.6) is 0 Å². The summed E-state index contributed by atoms with van der Waals surface area (Å²) in [6.45, 7) is 1.87. The molecule has 1 unspecified atom stereocenters. The second-order valence-electron chi connectivity index (χ2n) is 6.65. The highest BCUT2D eigenvalue weighted by molar-refractivity contribution is 6.30. The minimum atomic E-state index is -0.0312. The third-order valence-electron chi connectivity index (χ3n) is 4.70. The van der Waals surface area contributed by atoms with Crippen LogP contribution in [0.1, 0.15) is 12.8 Å². The van der Waals surface area contributed by atoms with Gasteiger partial charge in [-0.15, -0.1) is 0 Å². The van der Waals surface area contributed by atoms with E-state index in [4.69, 9.17) is 11.6 Å². The van der Waals surface area contributed by atoms with Gasteiger partial charge in [0.15, 0.2) is 0 Å². The van der Waals surface area contributed by atoms with E-state index in [1.807, 2.05) is 24.4 Å². The summed E-state index contributed by atoms with van der Waals surface area (Å²) in [5.74, 6) is 0.883. The average Bonchev–Trinajstić information content (AvgIpc) is 3.15. The van der Waals surface area contributed by atoms with Gasteiger partial charge >= 0.3 is 0 Å². The van der Waals surface area contributed by atoms with Crippen molar-refractivity contribution in [1.82, 2.24) is 20.3 Å². The number of nitrogens with one attached hydrogen (secondary N) is 3. The maximum Gasteiger partial charge on any atom is 0.239 e. The Morgan fingerprint density at radius 3 is 3.15 bits per heavy atom. The van der Waals surface area contributed by atoms with Gasteiger partial charge in [0, 0.05) is 36.0 Å². The van der Waals surface area contributed by atoms with E-state index in [9.17, 15) is 4.79 Å². The molecule has 4 rings (SSSR count). The molecule has 140 valence electrons. The number of piperidine rings is 1. The van der Waals surface area contributed by atoms with Gasteiger partial charge in [0.1, 0.15) is 17.8 Å². The number of benzene rings is 1. The van der Waals surface area contributed by atoms with E-state index < -0.39 is 0 Å². The van der Waals surface area contributed by atoms with Gasteiger partial charge in [0.2, 0.25) is 5.91 Å². The van der Waals surface area contributed by atoms with Gasteiger partial charge < -0.3 is 20.5 Å². The second-order valence-corrected chi connectivity index (χ2v) is 7.09. The third kappa shape index (κ3) is 4.14. The Labute approximate surface area is 162 Å². The molecule has 1 aliphatic heterocycles. The highest BCUT2D eigenvalue weighted by atomic mass is 35.5. The number of anilines is 2. The van der Waals surface area contributed by atoms with E-state index in [-0.39, 0.29) is 18.5 Å². The minimum Gasteiger partial charge on any atom is -0.376 e. The van der Waals surface area contributed by atoms with E-state index in [0.717, 1.165) is 48.5 Å². The van der Waals surface area contributed by atoms with Gasteiger partial charge in [-0.25, -0.2) is 9.97 Å². The molecule has 0 radical (unpaired) electrons. The molecule has 3 aromatic rings. The number of carbonyl (C=O) groups excluding carboxylic acids is 1. The first-order chi connectivity index (χ1) is 13.2. The van der Waals surface area contributed by atoms with Gasteiger partial charge in [-0.2, -0.15) is 0 Å². The molecule has 1 aromatic carbocycles. The van der Waals surface area contributed by atoms with Crippen LogP contribution in [0.3, 0.4) is 0 Å². The smallest absolute Gasteiger partial charge is 0.239 e. The molecule has 1 atom stereocenters. The molecule has 8 heteroatoms. The van der Waals surface area contributed by atoms with Gasteiger partial charge in [-0.3, -0.25) is 4.79 Å². The molecular weight excluding hydrogens is 364 g/mol. The number of H-pyrrole nitrogens is 1. The van der Waals surface area contributed by atoms with Crippen LogP contribution in [0.15, 0.2) is 42.9 Å². The Hall–Kier alpha value is -2.80. The van der Waals surface area contributed by atoms with Crippen LogP contribution in [0.2, 0.25) is 5.02 Å². The lowest BCUT2D eigenvalue weighted by atomic mass is 10.1. The van der Waals surface area contributed by atoms with E-state index in [2.05, 4.69) is 30.5 Å². The molecule has 0 spiro atoms. The summed E-state index contributed by atoms with van der Waals surface area (Å²) in [4.78, 5) is 26.4. The van der Waals surface area contributed by atoms with Crippen LogP contribution in [0, 0.1) is 0 Å². The number of amides is 1. The number of aromatic amines is 1. The van der Waals surface area contributed by atoms with E-state index in [1.165, 1.54) is 0 Å². The number of fused-ring (bicyclic) bond motifs is 1. The molecule has 1 aliphatic rings. The Balaban J connectivity index is 1.35. The zero-order valence-electron chi connectivity index (χ0n) is 14.8. The highest BCUT2D eigenvalue weighted by Crippen LogP contribution is 2.25. The normalized spacial score (nSPS) is 17.1. The molecule has 1 amide bonds. The standard InChI is InChI=1S/C19H21ClN6O/c20-13-3-1-4-14(9-13)22-10-17(27)25-15-5-2-8-26(11-15)19-16-6-7-21-18(16)23-12-24-19/h1,3-4,6-7,9,12,15,22H,2,5,8,10-11H2,(H,25,27)(H,21,23,24). The van der Waals surface area contributed by atoms with Crippen molar-refractivity contribution in [2.24, 2.45) is 0 Å². The number of aromatic nitrogens is 3. The van der Waals surface area contributed by atoms with Crippen molar-refractivity contribution < 1.29 is 4.79 Å². The molecule has 0 aliphatic carbocycles. The number of hydrogen-bond donors (Lipinski definition) is 3. The van der Waals surface area contributed by atoms with Crippen molar-refractivity contribution >= 4 is 40.0 Å². The predicted molar refractivity (Wildman–Crippen MR) is 107 cm³/mol. The Morgan fingerprint density at radius 1 is 1.33 bits per heavy atom. The first-order valence-electron chi connectivity index (χ1n) is 9.01. The number of halogens is 1. The summed E-state index contributed by atoms with van der Waals surface area (Å²) in [5, 5.41) is 7.87. The van der Waals surface area contributed by atoms with Gasteiger partial charge in [0.25, 0.3) is 0 Å². The van der Waals surface area contributed by atoms with Crippen molar-refractivity contribution in [2.45, 2.75) is 18.9 Å². The maximum atomic E-state index is 12.3. The quantitative estimate of drug-likeness (QED) is 0.629. The van der Waals surface area contributed by atoms with Crippen LogP contribution in [-0.2, 0) is 4.79 Å². The summed E-state index contributed by atoms with van der Waals surface area (Å²) in [6.07, 6.45) is 5.40. The molecule has 7 nitrogen and oxygen atoms in total. The van der Waals surface area contributed by atoms with E-state index in [0.29, 0.717) is 5.02 Å². The lowest BCUT2D eigenvalue weighted by Crippen LogP contribution is -2.49. The number of nitrogens with zero attached hydrogens (tertiary/aromatic N) is 3. The zero-order valence-corrected chi connectivity index (χ0v) is 15.5. The fourth-order valence-corrected chi connectivity index (χ4v) is 3.65. The molecule has 27 heavy (non-hydrogen) atoms. The first kappa shape index (κ1) is 17.6. The number of carbonyl (C=O) groups is 1. The SMILES string of the molecule is O=C(CNc1cccc(Cl)c1)NC1CCCN(c2ncnc3[nH]ccc23)C1. The molecule has 0 saturated carbocycles. The summed E-state index contributed by atoms with van der Waals surface area (Å²) >= 11 is 5.96. The van der Waals surface area contributed by atoms with E-state index in [1.54, 1.807) is 18.5 Å². The topological polar surface area (TPSA) is 85.9 Å². The molecule has 3 heterocycles. The fraction of sp³-hybridized carbons (Fsp3) is 0.316. The lowest BCUT2D eigenvalue weighted by Gasteiger charge is -2.34. The molecule has 0 bridgehead atoms. The van der Waals surface area contributed by atoms with Crippen LogP contribution >= 0.6 is 11.6 Å². The van der Waals surface area contributed by atoms with Crippen LogP contribution in [0.4, 0.5) is 11.5 Å². The van der Waals surface area contributed by atoms with Crippen LogP contribution in [0.25, 0.3) is 11.0 Å². The van der Waals surface area contributed by atoms with Gasteiger partial charge in [-0.05, 0) is 37.1 Å². The average molecular weight is 385 g/mol. The van der Waals surface area contributed by atoms with Crippen molar-refractivity contribution in [3.63, 3.8) is 0 Å². The lowest BCUT2D eigenvalue weighted by molar-refractivity contribution is -0.120. The number of hydrogen-bond acceptors (Lipinski definition) is 5. The Kier molecular flexibility index (Phi) is 5.11. The van der Waals surface area contributed by atoms with Crippen molar-refractivity contribution in [3.05, 3.63) is 47.9 Å². The summed E-state index contributed by atoms with van der Waals surface area (Å²) in [6, 6.07) is 9.43. The highest BCUT2D eigenvalue weighted by Gasteiger charge is 2.23. The van der Waals surface area contributed by atoms with Crippen molar-refractivity contribution in [3.8, 4) is 0 Å². The zero-order chi connectivity index (χ0) is 18.6. The third-order valence-corrected chi connectivity index (χ3v) is 4.93. The molecule has 3 N–H and O–H groups in total. The molecular formula is C19H21ClN6O. The second kappa shape index (κ2) is 7.84. The molecule has 1 fully saturated rings.